The Bertz CT molecular complexity index is 640. The molecule has 0 spiro atoms. The third-order valence-corrected chi connectivity index (χ3v) is 5.72. The highest BCUT2D eigenvalue weighted by molar-refractivity contribution is 5.20. The Hall–Kier alpha value is -1.91. The summed E-state index contributed by atoms with van der Waals surface area (Å²) in [7, 11) is 0. The topological polar surface area (TPSA) is 45.6 Å². The zero-order valence-corrected chi connectivity index (χ0v) is 15.7. The molecular formula is C22H30N2O2. The first-order chi connectivity index (χ1) is 12.7. The quantitative estimate of drug-likeness (QED) is 0.787. The van der Waals surface area contributed by atoms with Crippen LogP contribution in [0.25, 0.3) is 0 Å². The van der Waals surface area contributed by atoms with Gasteiger partial charge in [0.1, 0.15) is 5.75 Å². The van der Waals surface area contributed by atoms with Gasteiger partial charge in [-0.15, -0.1) is 0 Å². The smallest absolute Gasteiger partial charge is 0.119 e. The first-order valence-electron chi connectivity index (χ1n) is 9.62. The third kappa shape index (κ3) is 5.05. The van der Waals surface area contributed by atoms with Crippen LogP contribution < -0.4 is 4.74 Å². The van der Waals surface area contributed by atoms with Crippen LogP contribution >= 0.6 is 0 Å². The van der Waals surface area contributed by atoms with Crippen molar-refractivity contribution in [3.8, 4) is 5.75 Å². The van der Waals surface area contributed by atoms with Gasteiger partial charge in [0.05, 0.1) is 6.61 Å². The normalized spacial score (nSPS) is 18.4. The molecule has 0 aliphatic carbocycles. The summed E-state index contributed by atoms with van der Waals surface area (Å²) in [4.78, 5) is 6.75. The minimum absolute atomic E-state index is 0.000692. The Kier molecular flexibility index (Phi) is 6.64. The first kappa shape index (κ1) is 18.9. The fourth-order valence-corrected chi connectivity index (χ4v) is 3.82. The van der Waals surface area contributed by atoms with E-state index in [0.717, 1.165) is 44.5 Å². The molecule has 2 aromatic rings. The molecule has 1 unspecified atom stereocenters. The lowest BCUT2D eigenvalue weighted by Crippen LogP contribution is -2.46. The Morgan fingerprint density at radius 2 is 1.92 bits per heavy atom. The molecular weight excluding hydrogens is 324 g/mol. The molecule has 3 rings (SSSR count). The van der Waals surface area contributed by atoms with Crippen molar-refractivity contribution in [1.29, 1.82) is 0 Å². The number of aliphatic hydroxyl groups excluding tert-OH is 1. The maximum atomic E-state index is 10.0. The van der Waals surface area contributed by atoms with Crippen LogP contribution in [0.3, 0.4) is 0 Å². The van der Waals surface area contributed by atoms with Gasteiger partial charge in [-0.25, -0.2) is 0 Å². The van der Waals surface area contributed by atoms with E-state index in [1.807, 2.05) is 48.8 Å². The summed E-state index contributed by atoms with van der Waals surface area (Å²) in [6.07, 6.45) is 7.76. The highest BCUT2D eigenvalue weighted by Crippen LogP contribution is 2.35. The molecule has 1 atom stereocenters. The first-order valence-corrected chi connectivity index (χ1v) is 9.62. The van der Waals surface area contributed by atoms with Crippen LogP contribution in [-0.2, 0) is 6.42 Å². The maximum Gasteiger partial charge on any atom is 0.119 e. The van der Waals surface area contributed by atoms with E-state index in [1.165, 1.54) is 5.56 Å². The van der Waals surface area contributed by atoms with Gasteiger partial charge in [-0.1, -0.05) is 24.3 Å². The zero-order valence-electron chi connectivity index (χ0n) is 15.7. The molecule has 1 aromatic heterocycles. The summed E-state index contributed by atoms with van der Waals surface area (Å²) in [5.74, 6) is 0.906. The van der Waals surface area contributed by atoms with Crippen LogP contribution in [0.4, 0.5) is 0 Å². The van der Waals surface area contributed by atoms with Crippen molar-refractivity contribution in [2.24, 2.45) is 5.41 Å². The molecule has 0 saturated carbocycles. The predicted molar refractivity (Wildman–Crippen MR) is 104 cm³/mol. The van der Waals surface area contributed by atoms with Crippen molar-refractivity contribution in [2.45, 2.75) is 38.6 Å². The number of pyridine rings is 1. The van der Waals surface area contributed by atoms with Crippen LogP contribution in [0.2, 0.25) is 0 Å². The van der Waals surface area contributed by atoms with E-state index in [9.17, 15) is 5.11 Å². The summed E-state index contributed by atoms with van der Waals surface area (Å²) in [6, 6.07) is 14.6. The second-order valence-electron chi connectivity index (χ2n) is 7.52. The summed E-state index contributed by atoms with van der Waals surface area (Å²) in [5, 5.41) is 10.0. The maximum absolute atomic E-state index is 10.0. The lowest BCUT2D eigenvalue weighted by atomic mass is 9.76. The molecule has 4 nitrogen and oxygen atoms in total. The summed E-state index contributed by atoms with van der Waals surface area (Å²) in [6.45, 7) is 5.27. The highest BCUT2D eigenvalue weighted by atomic mass is 16.5. The van der Waals surface area contributed by atoms with E-state index in [2.05, 4.69) is 22.9 Å². The second kappa shape index (κ2) is 9.15. The number of ether oxygens (including phenoxy) is 1. The number of nitrogens with zero attached hydrogens (tertiary/aromatic N) is 2. The van der Waals surface area contributed by atoms with Crippen molar-refractivity contribution in [3.05, 3.63) is 60.4 Å². The van der Waals surface area contributed by atoms with E-state index in [4.69, 9.17) is 4.74 Å². The number of likely N-dealkylation sites (tertiary alicyclic amines) is 1. The molecule has 1 aliphatic heterocycles. The SMILES string of the molecule is CC(Cc1cccnc1)N1CCC(CO)(CCOc2ccccc2)CC1. The largest absolute Gasteiger partial charge is 0.494 e. The molecule has 1 N–H and O–H groups in total. The van der Waals surface area contributed by atoms with E-state index < -0.39 is 0 Å². The molecule has 4 heteroatoms. The summed E-state index contributed by atoms with van der Waals surface area (Å²) < 4.78 is 5.86. The van der Waals surface area contributed by atoms with Gasteiger partial charge in [0, 0.05) is 25.0 Å². The Balaban J connectivity index is 1.47. The third-order valence-electron chi connectivity index (χ3n) is 5.72. The van der Waals surface area contributed by atoms with Gasteiger partial charge >= 0.3 is 0 Å². The Morgan fingerprint density at radius 1 is 1.15 bits per heavy atom. The number of piperidine rings is 1. The van der Waals surface area contributed by atoms with Crippen molar-refractivity contribution in [2.75, 3.05) is 26.3 Å². The van der Waals surface area contributed by atoms with Crippen LogP contribution in [-0.4, -0.2) is 47.3 Å². The van der Waals surface area contributed by atoms with Crippen molar-refractivity contribution >= 4 is 0 Å². The number of hydrogen-bond acceptors (Lipinski definition) is 4. The monoisotopic (exact) mass is 354 g/mol. The van der Waals surface area contributed by atoms with Gasteiger partial charge < -0.3 is 14.7 Å². The average Bonchev–Trinajstić information content (AvgIpc) is 2.70. The lowest BCUT2D eigenvalue weighted by molar-refractivity contribution is 0.0151. The van der Waals surface area contributed by atoms with Gasteiger partial charge in [-0.05, 0) is 74.9 Å². The van der Waals surface area contributed by atoms with Crippen molar-refractivity contribution in [1.82, 2.24) is 9.88 Å². The van der Waals surface area contributed by atoms with Crippen LogP contribution in [0.1, 0.15) is 31.7 Å². The number of hydrogen-bond donors (Lipinski definition) is 1. The summed E-state index contributed by atoms with van der Waals surface area (Å²) >= 11 is 0. The van der Waals surface area contributed by atoms with E-state index in [-0.39, 0.29) is 12.0 Å². The van der Waals surface area contributed by atoms with Gasteiger partial charge in [0.25, 0.3) is 0 Å². The average molecular weight is 354 g/mol. The van der Waals surface area contributed by atoms with Crippen LogP contribution in [0, 0.1) is 5.41 Å². The fraction of sp³-hybridized carbons (Fsp3) is 0.500. The molecule has 2 heterocycles. The van der Waals surface area contributed by atoms with E-state index >= 15 is 0 Å². The van der Waals surface area contributed by atoms with Crippen molar-refractivity contribution in [3.63, 3.8) is 0 Å². The minimum atomic E-state index is -0.000692. The molecule has 0 amide bonds. The predicted octanol–water partition coefficient (Wildman–Crippen LogP) is 3.56. The fourth-order valence-electron chi connectivity index (χ4n) is 3.82. The second-order valence-corrected chi connectivity index (χ2v) is 7.52. The van der Waals surface area contributed by atoms with Crippen molar-refractivity contribution < 1.29 is 9.84 Å². The number of para-hydroxylation sites is 1. The zero-order chi connectivity index (χ0) is 18.2. The number of aromatic nitrogens is 1. The highest BCUT2D eigenvalue weighted by Gasteiger charge is 2.35. The van der Waals surface area contributed by atoms with Gasteiger partial charge in [-0.3, -0.25) is 4.98 Å². The van der Waals surface area contributed by atoms with Crippen LogP contribution in [0.15, 0.2) is 54.9 Å². The van der Waals surface area contributed by atoms with Gasteiger partial charge in [0.2, 0.25) is 0 Å². The molecule has 140 valence electrons. The van der Waals surface area contributed by atoms with E-state index in [1.54, 1.807) is 0 Å². The number of benzene rings is 1. The molecule has 0 bridgehead atoms. The van der Waals surface area contributed by atoms with E-state index in [0.29, 0.717) is 12.6 Å². The number of rotatable bonds is 8. The van der Waals surface area contributed by atoms with Gasteiger partial charge in [0.15, 0.2) is 0 Å². The number of aliphatic hydroxyl groups is 1. The van der Waals surface area contributed by atoms with Gasteiger partial charge in [-0.2, -0.15) is 0 Å². The molecule has 0 radical (unpaired) electrons. The minimum Gasteiger partial charge on any atom is -0.494 e. The Morgan fingerprint density at radius 3 is 2.58 bits per heavy atom. The standard InChI is InChI=1S/C22H30N2O2/c1-19(16-20-6-5-12-23-17-20)24-13-9-22(18-25,10-14-24)11-15-26-21-7-3-2-4-8-21/h2-8,12,17,19,25H,9-11,13-16,18H2,1H3. The Labute approximate surface area is 156 Å². The van der Waals surface area contributed by atoms with Crippen LogP contribution in [0.5, 0.6) is 5.75 Å². The molecule has 1 aromatic carbocycles. The molecule has 1 aliphatic rings. The molecule has 1 saturated heterocycles. The molecule has 26 heavy (non-hydrogen) atoms. The lowest BCUT2D eigenvalue weighted by Gasteiger charge is -2.43. The molecule has 1 fully saturated rings. The summed E-state index contributed by atoms with van der Waals surface area (Å²) in [5.41, 5.74) is 1.29.